The second kappa shape index (κ2) is 8.78. The highest BCUT2D eigenvalue weighted by atomic mass is 79.9. The monoisotopic (exact) mass is 272 g/mol. The van der Waals surface area contributed by atoms with E-state index in [2.05, 4.69) is 25.6 Å². The predicted octanol–water partition coefficient (Wildman–Crippen LogP) is -0.211. The number of alkyl halides is 1. The number of halogens is 1. The van der Waals surface area contributed by atoms with Gasteiger partial charge in [0.05, 0.1) is 23.0 Å². The molecule has 0 saturated carbocycles. The van der Waals surface area contributed by atoms with Gasteiger partial charge in [-0.25, -0.2) is 9.68 Å². The number of nitroso groups, excluding NO2 is 2. The van der Waals surface area contributed by atoms with Crippen LogP contribution in [0.15, 0.2) is 0 Å². The summed E-state index contributed by atoms with van der Waals surface area (Å²) in [5.74, 6) is 0. The van der Waals surface area contributed by atoms with E-state index >= 15 is 0 Å². The third kappa shape index (κ3) is 7.83. The van der Waals surface area contributed by atoms with Crippen molar-refractivity contribution in [3.8, 4) is 0 Å². The Kier molecular flexibility index (Phi) is 8.28. The Hall–Kier alpha value is -0.800. The van der Waals surface area contributed by atoms with Gasteiger partial charge in [-0.3, -0.25) is 0 Å². The Morgan fingerprint density at radius 3 is 2.29 bits per heavy atom. The molecule has 8 nitrogen and oxygen atoms in total. The fourth-order valence-corrected chi connectivity index (χ4v) is 0.629. The number of hydrogen-bond acceptors (Lipinski definition) is 4. The number of nitrogens with zero attached hydrogens (tertiary/aromatic N) is 2. The van der Waals surface area contributed by atoms with Crippen LogP contribution in [-0.2, 0) is 9.68 Å². The molecule has 82 valence electrons. The van der Waals surface area contributed by atoms with Crippen LogP contribution in [0.25, 0.3) is 0 Å². The Morgan fingerprint density at radius 1 is 1.21 bits per heavy atom. The molecular formula is C5H13BrN4O4+2. The normalized spacial score (nSPS) is 9.57. The minimum atomic E-state index is -0.484. The Balaban J connectivity index is 3.45. The molecule has 0 rings (SSSR count). The lowest BCUT2D eigenvalue weighted by molar-refractivity contribution is -0.834. The van der Waals surface area contributed by atoms with E-state index in [9.17, 15) is 9.81 Å². The van der Waals surface area contributed by atoms with Crippen LogP contribution in [0.5, 0.6) is 0 Å². The van der Waals surface area contributed by atoms with E-state index in [0.717, 1.165) is 0 Å². The van der Waals surface area contributed by atoms with E-state index in [1.54, 1.807) is 6.92 Å². The van der Waals surface area contributed by atoms with Crippen molar-refractivity contribution in [1.29, 1.82) is 0 Å². The minimum Gasteiger partial charge on any atom is -0.225 e. The first-order valence-electron chi connectivity index (χ1n) is 3.90. The zero-order valence-corrected chi connectivity index (χ0v) is 9.32. The van der Waals surface area contributed by atoms with E-state index in [1.807, 2.05) is 11.2 Å². The summed E-state index contributed by atoms with van der Waals surface area (Å²) in [6, 6.07) is 0. The lowest BCUT2D eigenvalue weighted by Gasteiger charge is -1.94. The molecule has 0 atom stereocenters. The smallest absolute Gasteiger partial charge is 0.225 e. The maximum absolute atomic E-state index is 10.8. The Bertz CT molecular complexity index is 191. The van der Waals surface area contributed by atoms with Crippen LogP contribution in [0.3, 0.4) is 0 Å². The van der Waals surface area contributed by atoms with Crippen molar-refractivity contribution < 1.29 is 19.4 Å². The van der Waals surface area contributed by atoms with Gasteiger partial charge in [0.15, 0.2) is 0 Å². The van der Waals surface area contributed by atoms with Crippen molar-refractivity contribution in [2.24, 2.45) is 0 Å². The Labute approximate surface area is 89.1 Å². The van der Waals surface area contributed by atoms with Gasteiger partial charge in [0.2, 0.25) is 9.74 Å². The third-order valence-corrected chi connectivity index (χ3v) is 1.24. The summed E-state index contributed by atoms with van der Waals surface area (Å²) in [5.41, 5.74) is 3.99. The molecule has 0 saturated heterocycles. The lowest BCUT2D eigenvalue weighted by Crippen LogP contribution is -2.38. The molecule has 0 aliphatic heterocycles. The molecule has 0 radical (unpaired) electrons. The van der Waals surface area contributed by atoms with Crippen LogP contribution in [0.4, 0.5) is 0 Å². The van der Waals surface area contributed by atoms with Gasteiger partial charge in [0, 0.05) is 5.33 Å². The standard InChI is InChI=1S/C5H13BrN4O4/c1-2-13-7-9(11)5-10(12)8-14-4-3-6/h2-5H2,1H3,(H,7,11)(H,8,12)/q+2. The largest absolute Gasteiger partial charge is 0.486 e. The number of hydrogen-bond donors (Lipinski definition) is 2. The molecule has 0 aromatic heterocycles. The summed E-state index contributed by atoms with van der Waals surface area (Å²) >= 11 is 3.09. The molecule has 0 aliphatic carbocycles. The molecule has 0 aromatic carbocycles. The summed E-state index contributed by atoms with van der Waals surface area (Å²) in [7, 11) is 0. The molecule has 0 amide bonds. The molecule has 0 heterocycles. The average Bonchev–Trinajstić information content (AvgIpc) is 2.15. The molecule has 0 fully saturated rings. The first kappa shape index (κ1) is 13.2. The van der Waals surface area contributed by atoms with E-state index in [-0.39, 0.29) is 9.74 Å². The van der Waals surface area contributed by atoms with Crippen LogP contribution in [0.1, 0.15) is 6.92 Å². The van der Waals surface area contributed by atoms with Crippen LogP contribution in [0, 0.1) is 9.81 Å². The number of nitrogens with one attached hydrogen (secondary N) is 2. The van der Waals surface area contributed by atoms with Gasteiger partial charge in [-0.1, -0.05) is 15.9 Å². The zero-order chi connectivity index (χ0) is 10.8. The molecule has 0 bridgehead atoms. The number of rotatable bonds is 9. The van der Waals surface area contributed by atoms with Gasteiger partial charge in [-0.15, -0.1) is 0 Å². The molecule has 0 spiro atoms. The second-order valence-corrected chi connectivity index (χ2v) is 2.84. The maximum atomic E-state index is 10.8. The van der Waals surface area contributed by atoms with Crippen LogP contribution in [-0.4, -0.2) is 35.0 Å². The van der Waals surface area contributed by atoms with Crippen LogP contribution in [0.2, 0.25) is 0 Å². The highest BCUT2D eigenvalue weighted by Gasteiger charge is 2.21. The highest BCUT2D eigenvalue weighted by Crippen LogP contribution is 1.78. The third-order valence-electron chi connectivity index (χ3n) is 0.913. The molecule has 0 unspecified atom stereocenters. The van der Waals surface area contributed by atoms with Crippen molar-refractivity contribution in [2.45, 2.75) is 6.92 Å². The van der Waals surface area contributed by atoms with Crippen LogP contribution >= 0.6 is 15.9 Å². The van der Waals surface area contributed by atoms with Gasteiger partial charge < -0.3 is 0 Å². The summed E-state index contributed by atoms with van der Waals surface area (Å²) < 4.78 is 0. The minimum absolute atomic E-state index is 0.223. The van der Waals surface area contributed by atoms with Gasteiger partial charge in [-0.05, 0) is 18.1 Å². The van der Waals surface area contributed by atoms with Crippen molar-refractivity contribution in [2.75, 3.05) is 25.2 Å². The fourth-order valence-electron chi connectivity index (χ4n) is 0.467. The van der Waals surface area contributed by atoms with Gasteiger partial charge in [-0.2, -0.15) is 0 Å². The molecule has 2 N–H and O–H groups in total. The molecule has 14 heavy (non-hydrogen) atoms. The van der Waals surface area contributed by atoms with Crippen molar-refractivity contribution in [1.82, 2.24) is 11.2 Å². The van der Waals surface area contributed by atoms with E-state index < -0.39 is 6.67 Å². The van der Waals surface area contributed by atoms with E-state index in [0.29, 0.717) is 18.5 Å². The van der Waals surface area contributed by atoms with E-state index in [4.69, 9.17) is 0 Å². The Morgan fingerprint density at radius 2 is 1.79 bits per heavy atom. The fraction of sp³-hybridized carbons (Fsp3) is 1.00. The summed E-state index contributed by atoms with van der Waals surface area (Å²) in [4.78, 5) is 31.2. The zero-order valence-electron chi connectivity index (χ0n) is 7.73. The first-order chi connectivity index (χ1) is 6.70. The number of hydrazine groups is 2. The topological polar surface area (TPSA) is 82.7 Å². The summed E-state index contributed by atoms with van der Waals surface area (Å²) in [5, 5.41) is 0.589. The second-order valence-electron chi connectivity index (χ2n) is 2.05. The first-order valence-corrected chi connectivity index (χ1v) is 5.03. The van der Waals surface area contributed by atoms with Crippen LogP contribution < -0.4 is 11.2 Å². The molecule has 0 aromatic rings. The summed E-state index contributed by atoms with van der Waals surface area (Å²) in [6.07, 6.45) is 0. The van der Waals surface area contributed by atoms with Gasteiger partial charge >= 0.3 is 6.67 Å². The molecule has 0 aliphatic rings. The van der Waals surface area contributed by atoms with Crippen molar-refractivity contribution in [3.05, 3.63) is 9.81 Å². The van der Waals surface area contributed by atoms with E-state index in [1.165, 1.54) is 0 Å². The van der Waals surface area contributed by atoms with Crippen molar-refractivity contribution >= 4 is 15.9 Å². The molecule has 9 heteroatoms. The SMILES string of the molecule is CCON[N+](=O)C[N+](=O)NOCCBr. The lowest BCUT2D eigenvalue weighted by atomic mass is 10.9. The summed E-state index contributed by atoms with van der Waals surface area (Å²) in [6.45, 7) is 1.86. The predicted molar refractivity (Wildman–Crippen MR) is 49.8 cm³/mol. The quantitative estimate of drug-likeness (QED) is 0.199. The average molecular weight is 273 g/mol. The molecular weight excluding hydrogens is 260 g/mol. The van der Waals surface area contributed by atoms with Gasteiger partial charge in [0.1, 0.15) is 0 Å². The van der Waals surface area contributed by atoms with Gasteiger partial charge in [0.25, 0.3) is 0 Å². The maximum Gasteiger partial charge on any atom is 0.486 e. The van der Waals surface area contributed by atoms with Crippen molar-refractivity contribution in [3.63, 3.8) is 0 Å². The highest BCUT2D eigenvalue weighted by molar-refractivity contribution is 9.09.